The van der Waals surface area contributed by atoms with Crippen LogP contribution >= 0.6 is 7.82 Å². The maximum atomic E-state index is 12.8. The number of phosphoric ester groups is 1. The Balaban J connectivity index is 3.86. The highest BCUT2D eigenvalue weighted by molar-refractivity contribution is 7.47. The van der Waals surface area contributed by atoms with Crippen LogP contribution in [-0.2, 0) is 18.4 Å². The summed E-state index contributed by atoms with van der Waals surface area (Å²) < 4.78 is 23.4. The van der Waals surface area contributed by atoms with Gasteiger partial charge in [0.15, 0.2) is 0 Å². The van der Waals surface area contributed by atoms with Crippen LogP contribution < -0.4 is 5.32 Å². The van der Waals surface area contributed by atoms with E-state index in [0.29, 0.717) is 17.4 Å². The fourth-order valence-electron chi connectivity index (χ4n) is 6.60. The lowest BCUT2D eigenvalue weighted by Gasteiger charge is -2.25. The molecule has 3 N–H and O–H groups in total. The lowest BCUT2D eigenvalue weighted by molar-refractivity contribution is -0.870. The molecular weight excluding hydrogens is 768 g/mol. The molecule has 0 aromatic heterocycles. The van der Waals surface area contributed by atoms with Gasteiger partial charge in [0, 0.05) is 6.42 Å². The number of rotatable bonds is 43. The minimum absolute atomic E-state index is 0.0590. The molecule has 0 aliphatic heterocycles. The van der Waals surface area contributed by atoms with E-state index in [2.05, 4.69) is 79.9 Å². The number of quaternary nitrogens is 1. The maximum absolute atomic E-state index is 12.8. The third kappa shape index (κ3) is 44.0. The van der Waals surface area contributed by atoms with Crippen molar-refractivity contribution in [1.29, 1.82) is 0 Å². The number of hydrogen-bond donors (Lipinski definition) is 3. The Bertz CT molecular complexity index is 1200. The van der Waals surface area contributed by atoms with Crippen molar-refractivity contribution in [2.45, 2.75) is 206 Å². The van der Waals surface area contributed by atoms with Gasteiger partial charge in [0.1, 0.15) is 13.2 Å². The molecule has 60 heavy (non-hydrogen) atoms. The van der Waals surface area contributed by atoms with Gasteiger partial charge in [-0.25, -0.2) is 4.57 Å². The number of allylic oxidation sites excluding steroid dienone is 11. The summed E-state index contributed by atoms with van der Waals surface area (Å²) in [5, 5.41) is 13.6. The molecule has 0 aliphatic carbocycles. The van der Waals surface area contributed by atoms with Gasteiger partial charge in [-0.1, -0.05) is 196 Å². The molecule has 0 aromatic carbocycles. The molecule has 0 aromatic rings. The Labute approximate surface area is 370 Å². The predicted molar refractivity (Wildman–Crippen MR) is 258 cm³/mol. The zero-order valence-corrected chi connectivity index (χ0v) is 40.3. The highest BCUT2D eigenvalue weighted by Crippen LogP contribution is 2.43. The monoisotopic (exact) mass is 862 g/mol. The van der Waals surface area contributed by atoms with Crippen LogP contribution in [0.25, 0.3) is 0 Å². The number of aliphatic hydroxyl groups is 1. The molecule has 0 radical (unpaired) electrons. The van der Waals surface area contributed by atoms with Crippen LogP contribution in [0.1, 0.15) is 194 Å². The molecule has 0 saturated carbocycles. The van der Waals surface area contributed by atoms with Gasteiger partial charge in [-0.3, -0.25) is 13.8 Å². The van der Waals surface area contributed by atoms with Gasteiger partial charge in [-0.15, -0.1) is 0 Å². The minimum atomic E-state index is -4.32. The Morgan fingerprint density at radius 1 is 0.583 bits per heavy atom. The SMILES string of the molecule is CC/C=C\C/C=C\C/C=C\C/C=C\C/C=C\CCCCCCCCCCCCCCCCCCCC(=O)NC(COP(=O)(O)OCC[N+](C)(C)C)C(O)/C=C/CCCCC. The van der Waals surface area contributed by atoms with E-state index in [9.17, 15) is 19.4 Å². The largest absolute Gasteiger partial charge is 0.472 e. The number of nitrogens with zero attached hydrogens (tertiary/aromatic N) is 1. The molecule has 348 valence electrons. The first kappa shape index (κ1) is 57.9. The van der Waals surface area contributed by atoms with Crippen LogP contribution in [0.3, 0.4) is 0 Å². The van der Waals surface area contributed by atoms with E-state index in [1.807, 2.05) is 27.2 Å². The first-order chi connectivity index (χ1) is 29.0. The Hall–Kier alpha value is -2.06. The van der Waals surface area contributed by atoms with E-state index in [1.165, 1.54) is 96.3 Å². The standard InChI is InChI=1S/C51H93N2O6P/c1-6-8-10-12-13-14-15-16-17-18-19-20-21-22-23-24-25-26-27-28-29-30-31-32-33-34-35-36-37-38-39-41-43-45-51(55)52-49(50(54)44-42-40-11-9-7-2)48-59-60(56,57)58-47-46-53(3,4)5/h8,10,13-14,16-17,19-20,22-23,42,44,49-50,54H,6-7,9,11-12,15,18,21,24-41,43,45-48H2,1-5H3,(H-,52,55,56,57)/p+1/b10-8-,14-13-,17-16-,20-19-,23-22-,44-42+. The molecule has 0 aliphatic rings. The van der Waals surface area contributed by atoms with Crippen LogP contribution in [0.4, 0.5) is 0 Å². The van der Waals surface area contributed by atoms with E-state index in [4.69, 9.17) is 9.05 Å². The van der Waals surface area contributed by atoms with E-state index in [1.54, 1.807) is 6.08 Å². The summed E-state index contributed by atoms with van der Waals surface area (Å²) in [6, 6.07) is -0.844. The quantitative estimate of drug-likeness (QED) is 0.0244. The van der Waals surface area contributed by atoms with Gasteiger partial charge in [0.05, 0.1) is 39.9 Å². The highest BCUT2D eigenvalue weighted by atomic mass is 31.2. The number of amides is 1. The number of likely N-dealkylation sites (N-methyl/N-ethyl adjacent to an activating group) is 1. The van der Waals surface area contributed by atoms with Gasteiger partial charge >= 0.3 is 7.82 Å². The number of carbonyl (C=O) groups excluding carboxylic acids is 1. The minimum Gasteiger partial charge on any atom is -0.387 e. The van der Waals surface area contributed by atoms with Crippen LogP contribution in [0, 0.1) is 0 Å². The number of hydrogen-bond acceptors (Lipinski definition) is 5. The first-order valence-electron chi connectivity index (χ1n) is 24.3. The van der Waals surface area contributed by atoms with Crippen molar-refractivity contribution in [3.05, 3.63) is 72.9 Å². The summed E-state index contributed by atoms with van der Waals surface area (Å²) in [6.07, 6.45) is 57.6. The Morgan fingerprint density at radius 3 is 1.47 bits per heavy atom. The lowest BCUT2D eigenvalue weighted by atomic mass is 10.0. The van der Waals surface area contributed by atoms with Crippen molar-refractivity contribution < 1.29 is 32.9 Å². The van der Waals surface area contributed by atoms with Gasteiger partial charge in [-0.2, -0.15) is 0 Å². The summed E-state index contributed by atoms with van der Waals surface area (Å²) in [7, 11) is 1.56. The molecule has 9 heteroatoms. The maximum Gasteiger partial charge on any atom is 0.472 e. The second-order valence-corrected chi connectivity index (χ2v) is 18.9. The van der Waals surface area contributed by atoms with Crippen molar-refractivity contribution in [2.24, 2.45) is 0 Å². The summed E-state index contributed by atoms with van der Waals surface area (Å²) in [6.45, 7) is 4.58. The number of unbranched alkanes of at least 4 members (excludes halogenated alkanes) is 20. The van der Waals surface area contributed by atoms with Crippen molar-refractivity contribution in [3.8, 4) is 0 Å². The molecule has 3 atom stereocenters. The molecule has 0 spiro atoms. The average molecular weight is 862 g/mol. The first-order valence-corrected chi connectivity index (χ1v) is 25.8. The van der Waals surface area contributed by atoms with Crippen molar-refractivity contribution in [1.82, 2.24) is 5.32 Å². The molecule has 0 bridgehead atoms. The number of carbonyl (C=O) groups is 1. The van der Waals surface area contributed by atoms with Crippen LogP contribution in [-0.4, -0.2) is 73.4 Å². The second-order valence-electron chi connectivity index (χ2n) is 17.5. The van der Waals surface area contributed by atoms with Gasteiger partial charge < -0.3 is 19.8 Å². The van der Waals surface area contributed by atoms with Crippen molar-refractivity contribution in [3.63, 3.8) is 0 Å². The predicted octanol–water partition coefficient (Wildman–Crippen LogP) is 14.0. The smallest absolute Gasteiger partial charge is 0.387 e. The van der Waals surface area contributed by atoms with Gasteiger partial charge in [0.25, 0.3) is 0 Å². The molecule has 1 amide bonds. The zero-order valence-electron chi connectivity index (χ0n) is 39.4. The fourth-order valence-corrected chi connectivity index (χ4v) is 7.33. The van der Waals surface area contributed by atoms with Crippen LogP contribution in [0.2, 0.25) is 0 Å². The summed E-state index contributed by atoms with van der Waals surface area (Å²) >= 11 is 0. The zero-order chi connectivity index (χ0) is 44.3. The summed E-state index contributed by atoms with van der Waals surface area (Å²) in [5.74, 6) is -0.186. The van der Waals surface area contributed by atoms with E-state index < -0.39 is 20.0 Å². The highest BCUT2D eigenvalue weighted by Gasteiger charge is 2.27. The molecule has 0 heterocycles. The van der Waals surface area contributed by atoms with E-state index in [-0.39, 0.29) is 19.1 Å². The van der Waals surface area contributed by atoms with Crippen molar-refractivity contribution >= 4 is 13.7 Å². The molecule has 0 fully saturated rings. The molecule has 0 saturated heterocycles. The topological polar surface area (TPSA) is 105 Å². The van der Waals surface area contributed by atoms with Crippen molar-refractivity contribution in [2.75, 3.05) is 40.9 Å². The third-order valence-electron chi connectivity index (χ3n) is 10.4. The average Bonchev–Trinajstić information content (AvgIpc) is 3.20. The normalized spacial score (nSPS) is 14.8. The van der Waals surface area contributed by atoms with Gasteiger partial charge in [-0.05, 0) is 64.2 Å². The number of aliphatic hydroxyl groups excluding tert-OH is 1. The Morgan fingerprint density at radius 2 is 1.00 bits per heavy atom. The third-order valence-corrected chi connectivity index (χ3v) is 11.4. The fraction of sp³-hybridized carbons (Fsp3) is 0.745. The summed E-state index contributed by atoms with van der Waals surface area (Å²) in [5.41, 5.74) is 0. The molecule has 8 nitrogen and oxygen atoms in total. The number of phosphoric acid groups is 1. The number of nitrogens with one attached hydrogen (secondary N) is 1. The van der Waals surface area contributed by atoms with E-state index in [0.717, 1.165) is 77.0 Å². The lowest BCUT2D eigenvalue weighted by Crippen LogP contribution is -2.45. The molecule has 3 unspecified atom stereocenters. The Kier molecular flexibility index (Phi) is 40.8. The van der Waals surface area contributed by atoms with Crippen LogP contribution in [0.5, 0.6) is 0 Å². The second kappa shape index (κ2) is 42.3. The van der Waals surface area contributed by atoms with E-state index >= 15 is 0 Å². The summed E-state index contributed by atoms with van der Waals surface area (Å²) in [4.78, 5) is 22.9. The molecule has 0 rings (SSSR count). The van der Waals surface area contributed by atoms with Crippen LogP contribution in [0.15, 0.2) is 72.9 Å². The molecular formula is C51H94N2O6P+. The van der Waals surface area contributed by atoms with Gasteiger partial charge in [0.2, 0.25) is 5.91 Å².